The van der Waals surface area contributed by atoms with Crippen molar-refractivity contribution in [3.05, 3.63) is 30.5 Å². The number of aromatic nitrogens is 1. The second kappa shape index (κ2) is 6.80. The fourth-order valence-electron chi connectivity index (χ4n) is 2.06. The maximum atomic E-state index is 11.7. The maximum Gasteiger partial charge on any atom is 0.325 e. The van der Waals surface area contributed by atoms with Crippen molar-refractivity contribution < 1.29 is 14.3 Å². The van der Waals surface area contributed by atoms with Crippen LogP contribution in [0.1, 0.15) is 20.8 Å². The van der Waals surface area contributed by atoms with Gasteiger partial charge in [0.05, 0.1) is 11.9 Å². The van der Waals surface area contributed by atoms with Gasteiger partial charge in [0.15, 0.2) is 0 Å². The molecule has 0 N–H and O–H groups in total. The van der Waals surface area contributed by atoms with Crippen LogP contribution >= 0.6 is 11.8 Å². The zero-order valence-corrected chi connectivity index (χ0v) is 13.3. The number of thioether (sulfide) groups is 1. The Morgan fingerprint density at radius 1 is 1.33 bits per heavy atom. The van der Waals surface area contributed by atoms with Gasteiger partial charge in [-0.25, -0.2) is 0 Å². The fourth-order valence-corrected chi connectivity index (χ4v) is 3.09. The number of hydrogen-bond acceptors (Lipinski definition) is 4. The highest BCUT2D eigenvalue weighted by Crippen LogP contribution is 2.32. The molecule has 21 heavy (non-hydrogen) atoms. The van der Waals surface area contributed by atoms with E-state index in [1.54, 1.807) is 13.8 Å². The second-order valence-corrected chi connectivity index (χ2v) is 6.20. The molecule has 2 rings (SSSR count). The molecule has 1 heterocycles. The summed E-state index contributed by atoms with van der Waals surface area (Å²) < 4.78 is 6.88. The maximum absolute atomic E-state index is 11.7. The minimum Gasteiger partial charge on any atom is -0.465 e. The van der Waals surface area contributed by atoms with E-state index in [0.717, 1.165) is 15.8 Å². The summed E-state index contributed by atoms with van der Waals surface area (Å²) in [6.45, 7) is 5.84. The third kappa shape index (κ3) is 3.67. The average Bonchev–Trinajstić information content (AvgIpc) is 2.77. The van der Waals surface area contributed by atoms with Gasteiger partial charge in [-0.05, 0) is 26.8 Å². The number of Topliss-reactive ketones (excluding diaryl/α,β-unsaturated/α-hetero) is 1. The molecular weight excluding hydrogens is 286 g/mol. The lowest BCUT2D eigenvalue weighted by Crippen LogP contribution is -2.12. The van der Waals surface area contributed by atoms with Gasteiger partial charge in [0, 0.05) is 22.0 Å². The third-order valence-electron chi connectivity index (χ3n) is 3.23. The molecule has 112 valence electrons. The highest BCUT2D eigenvalue weighted by molar-refractivity contribution is 8.00. The Morgan fingerprint density at radius 2 is 2.05 bits per heavy atom. The molecular formula is C16H19NO3S. The van der Waals surface area contributed by atoms with E-state index < -0.39 is 0 Å². The number of nitrogens with zero attached hydrogens (tertiary/aromatic N) is 1. The van der Waals surface area contributed by atoms with Crippen LogP contribution < -0.4 is 0 Å². The highest BCUT2D eigenvalue weighted by atomic mass is 32.2. The van der Waals surface area contributed by atoms with Gasteiger partial charge in [-0.1, -0.05) is 18.2 Å². The highest BCUT2D eigenvalue weighted by Gasteiger charge is 2.16. The van der Waals surface area contributed by atoms with E-state index >= 15 is 0 Å². The number of hydrogen-bond donors (Lipinski definition) is 0. The van der Waals surface area contributed by atoms with Crippen LogP contribution in [0.2, 0.25) is 0 Å². The van der Waals surface area contributed by atoms with Crippen LogP contribution in [0.4, 0.5) is 0 Å². The summed E-state index contributed by atoms with van der Waals surface area (Å²) in [5.74, 6) is -0.114. The van der Waals surface area contributed by atoms with Crippen molar-refractivity contribution in [1.29, 1.82) is 0 Å². The van der Waals surface area contributed by atoms with Crippen molar-refractivity contribution in [2.45, 2.75) is 37.5 Å². The van der Waals surface area contributed by atoms with Crippen molar-refractivity contribution in [3.8, 4) is 0 Å². The molecule has 1 unspecified atom stereocenters. The quantitative estimate of drug-likeness (QED) is 0.607. The van der Waals surface area contributed by atoms with Crippen LogP contribution in [0, 0.1) is 0 Å². The van der Waals surface area contributed by atoms with Crippen LogP contribution in [0.15, 0.2) is 35.4 Å². The second-order valence-electron chi connectivity index (χ2n) is 4.81. The van der Waals surface area contributed by atoms with Gasteiger partial charge < -0.3 is 9.30 Å². The van der Waals surface area contributed by atoms with Crippen LogP contribution in [0.3, 0.4) is 0 Å². The van der Waals surface area contributed by atoms with E-state index in [-0.39, 0.29) is 23.5 Å². The molecule has 0 aliphatic rings. The van der Waals surface area contributed by atoms with Crippen molar-refractivity contribution in [2.75, 3.05) is 6.61 Å². The summed E-state index contributed by atoms with van der Waals surface area (Å²) in [5, 5.41) is 0.951. The SMILES string of the molecule is CCOC(=O)Cn1cc(SC(C)C(C)=O)c2ccccc21. The van der Waals surface area contributed by atoms with E-state index in [1.807, 2.05) is 42.0 Å². The molecule has 0 spiro atoms. The summed E-state index contributed by atoms with van der Waals surface area (Å²) in [7, 11) is 0. The van der Waals surface area contributed by atoms with Crippen molar-refractivity contribution >= 4 is 34.4 Å². The Hall–Kier alpha value is -1.75. The number of benzene rings is 1. The van der Waals surface area contributed by atoms with Gasteiger partial charge in [0.2, 0.25) is 0 Å². The molecule has 0 saturated heterocycles. The van der Waals surface area contributed by atoms with E-state index in [0.29, 0.717) is 6.61 Å². The van der Waals surface area contributed by atoms with Crippen LogP contribution in [0.25, 0.3) is 10.9 Å². The molecule has 0 fully saturated rings. The largest absolute Gasteiger partial charge is 0.465 e. The molecule has 1 aromatic heterocycles. The summed E-state index contributed by atoms with van der Waals surface area (Å²) >= 11 is 1.52. The number of rotatable bonds is 6. The molecule has 0 bridgehead atoms. The van der Waals surface area contributed by atoms with Crippen molar-refractivity contribution in [2.24, 2.45) is 0 Å². The first kappa shape index (κ1) is 15.6. The molecule has 0 aliphatic heterocycles. The molecule has 4 nitrogen and oxygen atoms in total. The van der Waals surface area contributed by atoms with Crippen LogP contribution in [-0.2, 0) is 20.9 Å². The first-order chi connectivity index (χ1) is 10.0. The lowest BCUT2D eigenvalue weighted by molar-refractivity contribution is -0.143. The molecule has 5 heteroatoms. The van der Waals surface area contributed by atoms with E-state index in [2.05, 4.69) is 0 Å². The Kier molecular flexibility index (Phi) is 5.07. The Labute approximate surface area is 128 Å². The van der Waals surface area contributed by atoms with Gasteiger partial charge in [-0.2, -0.15) is 0 Å². The molecule has 2 aromatic rings. The van der Waals surface area contributed by atoms with Gasteiger partial charge in [0.1, 0.15) is 12.3 Å². The average molecular weight is 305 g/mol. The van der Waals surface area contributed by atoms with Gasteiger partial charge in [-0.15, -0.1) is 11.8 Å². The molecule has 1 atom stereocenters. The Morgan fingerprint density at radius 3 is 2.71 bits per heavy atom. The lowest BCUT2D eigenvalue weighted by atomic mass is 10.2. The first-order valence-corrected chi connectivity index (χ1v) is 7.81. The summed E-state index contributed by atoms with van der Waals surface area (Å²) in [6.07, 6.45) is 1.92. The summed E-state index contributed by atoms with van der Waals surface area (Å²) in [4.78, 5) is 24.2. The summed E-state index contributed by atoms with van der Waals surface area (Å²) in [6, 6.07) is 7.87. The normalized spacial score (nSPS) is 12.3. The Bertz CT molecular complexity index is 663. The van der Waals surface area contributed by atoms with Gasteiger partial charge >= 0.3 is 5.97 Å². The number of esters is 1. The molecule has 0 radical (unpaired) electrons. The van der Waals surface area contributed by atoms with Gasteiger partial charge in [-0.3, -0.25) is 9.59 Å². The monoisotopic (exact) mass is 305 g/mol. The van der Waals surface area contributed by atoms with Gasteiger partial charge in [0.25, 0.3) is 0 Å². The zero-order chi connectivity index (χ0) is 15.4. The van der Waals surface area contributed by atoms with Crippen molar-refractivity contribution in [1.82, 2.24) is 4.57 Å². The number of carbonyl (C=O) groups is 2. The fraction of sp³-hybridized carbons (Fsp3) is 0.375. The molecule has 0 aliphatic carbocycles. The zero-order valence-electron chi connectivity index (χ0n) is 12.5. The Balaban J connectivity index is 2.34. The number of ether oxygens (including phenoxy) is 1. The van der Waals surface area contributed by atoms with E-state index in [9.17, 15) is 9.59 Å². The molecule has 0 saturated carbocycles. The first-order valence-electron chi connectivity index (χ1n) is 6.93. The predicted octanol–water partition coefficient (Wildman–Crippen LogP) is 3.27. The number of carbonyl (C=O) groups excluding carboxylic acids is 2. The lowest BCUT2D eigenvalue weighted by Gasteiger charge is -2.05. The molecule has 0 amide bonds. The number of fused-ring (bicyclic) bond motifs is 1. The standard InChI is InChI=1S/C16H19NO3S/c1-4-20-16(19)10-17-9-15(21-12(3)11(2)18)13-7-5-6-8-14(13)17/h5-9,12H,4,10H2,1-3H3. The smallest absolute Gasteiger partial charge is 0.325 e. The topological polar surface area (TPSA) is 48.3 Å². The summed E-state index contributed by atoms with van der Waals surface area (Å²) in [5.41, 5.74) is 0.976. The molecule has 1 aromatic carbocycles. The minimum absolute atomic E-state index is 0.105. The van der Waals surface area contributed by atoms with Crippen molar-refractivity contribution in [3.63, 3.8) is 0 Å². The third-order valence-corrected chi connectivity index (χ3v) is 4.50. The minimum atomic E-state index is -0.255. The van der Waals surface area contributed by atoms with Crippen LogP contribution in [0.5, 0.6) is 0 Å². The van der Waals surface area contributed by atoms with E-state index in [4.69, 9.17) is 4.74 Å². The van der Waals surface area contributed by atoms with Crippen LogP contribution in [-0.4, -0.2) is 28.2 Å². The number of ketones is 1. The van der Waals surface area contributed by atoms with E-state index in [1.165, 1.54) is 11.8 Å². The predicted molar refractivity (Wildman–Crippen MR) is 84.6 cm³/mol. The number of para-hydroxylation sites is 1.